The Morgan fingerprint density at radius 2 is 2.00 bits per heavy atom. The smallest absolute Gasteiger partial charge is 0.275 e. The third-order valence-electron chi connectivity index (χ3n) is 2.45. The second-order valence-electron chi connectivity index (χ2n) is 3.96. The fraction of sp³-hybridized carbons (Fsp3) is 0. The molecular weight excluding hydrogens is 280 g/mol. The van der Waals surface area contributed by atoms with E-state index in [9.17, 15) is 9.90 Å². The van der Waals surface area contributed by atoms with Gasteiger partial charge in [-0.3, -0.25) is 4.79 Å². The van der Waals surface area contributed by atoms with Crippen molar-refractivity contribution < 1.29 is 15.0 Å². The Bertz CT molecular complexity index is 671. The Morgan fingerprint density at radius 1 is 1.20 bits per heavy atom. The molecule has 0 saturated heterocycles. The molecule has 1 amide bonds. The van der Waals surface area contributed by atoms with Crippen LogP contribution in [0, 0.1) is 0 Å². The first-order valence-corrected chi connectivity index (χ1v) is 6.05. The summed E-state index contributed by atoms with van der Waals surface area (Å²) in [6.45, 7) is 0. The molecule has 0 aliphatic carbocycles. The average molecular weight is 291 g/mol. The SMILES string of the molecule is O=C(NN=Cc1cccc(Cl)c1)c1ccc(O)cc1O. The van der Waals surface area contributed by atoms with Crippen molar-refractivity contribution in [1.82, 2.24) is 5.43 Å². The number of phenolic OH excluding ortho intramolecular Hbond substituents is 2. The minimum Gasteiger partial charge on any atom is -0.508 e. The van der Waals surface area contributed by atoms with E-state index in [1.165, 1.54) is 18.3 Å². The number of hydrogen-bond acceptors (Lipinski definition) is 4. The number of carbonyl (C=O) groups excluding carboxylic acids is 1. The molecule has 5 nitrogen and oxygen atoms in total. The highest BCUT2D eigenvalue weighted by Gasteiger charge is 2.10. The van der Waals surface area contributed by atoms with Gasteiger partial charge >= 0.3 is 0 Å². The number of amides is 1. The number of benzene rings is 2. The number of nitrogens with zero attached hydrogens (tertiary/aromatic N) is 1. The Labute approximate surface area is 120 Å². The summed E-state index contributed by atoms with van der Waals surface area (Å²) in [5, 5.41) is 23.0. The monoisotopic (exact) mass is 290 g/mol. The van der Waals surface area contributed by atoms with Crippen molar-refractivity contribution in [1.29, 1.82) is 0 Å². The van der Waals surface area contributed by atoms with Crippen molar-refractivity contribution in [2.24, 2.45) is 5.10 Å². The fourth-order valence-corrected chi connectivity index (χ4v) is 1.72. The van der Waals surface area contributed by atoms with Gasteiger partial charge in [-0.05, 0) is 29.8 Å². The number of hydrazone groups is 1. The normalized spacial score (nSPS) is 10.7. The molecular formula is C14H11ClN2O3. The van der Waals surface area contributed by atoms with E-state index < -0.39 is 5.91 Å². The number of phenols is 2. The number of rotatable bonds is 3. The van der Waals surface area contributed by atoms with Gasteiger partial charge in [0.25, 0.3) is 5.91 Å². The van der Waals surface area contributed by atoms with Gasteiger partial charge in [-0.2, -0.15) is 5.10 Å². The van der Waals surface area contributed by atoms with Crippen LogP contribution in [0.1, 0.15) is 15.9 Å². The summed E-state index contributed by atoms with van der Waals surface area (Å²) >= 11 is 5.81. The molecule has 6 heteroatoms. The van der Waals surface area contributed by atoms with E-state index in [0.29, 0.717) is 5.02 Å². The molecule has 0 bridgehead atoms. The van der Waals surface area contributed by atoms with Gasteiger partial charge in [0.2, 0.25) is 0 Å². The lowest BCUT2D eigenvalue weighted by Crippen LogP contribution is -2.17. The highest BCUT2D eigenvalue weighted by molar-refractivity contribution is 6.30. The fourth-order valence-electron chi connectivity index (χ4n) is 1.52. The molecule has 0 aliphatic rings. The van der Waals surface area contributed by atoms with Crippen LogP contribution in [0.4, 0.5) is 0 Å². The van der Waals surface area contributed by atoms with Gasteiger partial charge in [0.15, 0.2) is 0 Å². The van der Waals surface area contributed by atoms with Crippen molar-refractivity contribution in [3.8, 4) is 11.5 Å². The van der Waals surface area contributed by atoms with Gasteiger partial charge in [-0.1, -0.05) is 23.7 Å². The third kappa shape index (κ3) is 3.49. The van der Waals surface area contributed by atoms with E-state index in [-0.39, 0.29) is 17.1 Å². The van der Waals surface area contributed by atoms with Gasteiger partial charge in [0, 0.05) is 11.1 Å². The molecule has 102 valence electrons. The molecule has 20 heavy (non-hydrogen) atoms. The van der Waals surface area contributed by atoms with Crippen molar-refractivity contribution in [2.45, 2.75) is 0 Å². The van der Waals surface area contributed by atoms with E-state index in [0.717, 1.165) is 11.6 Å². The predicted molar refractivity (Wildman–Crippen MR) is 76.3 cm³/mol. The first kappa shape index (κ1) is 13.9. The largest absolute Gasteiger partial charge is 0.508 e. The van der Waals surface area contributed by atoms with Crippen LogP contribution in [0.25, 0.3) is 0 Å². The van der Waals surface area contributed by atoms with Gasteiger partial charge in [0.05, 0.1) is 11.8 Å². The first-order valence-electron chi connectivity index (χ1n) is 5.67. The number of hydrogen-bond donors (Lipinski definition) is 3. The van der Waals surface area contributed by atoms with E-state index in [4.69, 9.17) is 16.7 Å². The maximum absolute atomic E-state index is 11.7. The minimum absolute atomic E-state index is 0.0195. The predicted octanol–water partition coefficient (Wildman–Crippen LogP) is 2.52. The number of halogens is 1. The Morgan fingerprint density at radius 3 is 2.70 bits per heavy atom. The molecule has 3 N–H and O–H groups in total. The molecule has 0 aromatic heterocycles. The summed E-state index contributed by atoms with van der Waals surface area (Å²) in [6, 6.07) is 10.6. The first-order chi connectivity index (χ1) is 9.56. The van der Waals surface area contributed by atoms with Crippen LogP contribution < -0.4 is 5.43 Å². The van der Waals surface area contributed by atoms with E-state index in [2.05, 4.69) is 10.5 Å². The zero-order valence-electron chi connectivity index (χ0n) is 10.2. The van der Waals surface area contributed by atoms with Crippen LogP contribution in [-0.2, 0) is 0 Å². The summed E-state index contributed by atoms with van der Waals surface area (Å²) in [7, 11) is 0. The maximum Gasteiger partial charge on any atom is 0.275 e. The second-order valence-corrected chi connectivity index (χ2v) is 4.39. The second kappa shape index (κ2) is 6.08. The molecule has 2 aromatic rings. The van der Waals surface area contributed by atoms with Crippen molar-refractivity contribution in [3.05, 3.63) is 58.6 Å². The molecule has 0 saturated carbocycles. The summed E-state index contributed by atoms with van der Waals surface area (Å²) in [5.74, 6) is -1.03. The molecule has 0 atom stereocenters. The Hall–Kier alpha value is -2.53. The summed E-state index contributed by atoms with van der Waals surface area (Å²) in [4.78, 5) is 11.7. The van der Waals surface area contributed by atoms with Crippen LogP contribution in [-0.4, -0.2) is 22.3 Å². The van der Waals surface area contributed by atoms with Crippen molar-refractivity contribution in [2.75, 3.05) is 0 Å². The van der Waals surface area contributed by atoms with E-state index in [1.54, 1.807) is 24.3 Å². The van der Waals surface area contributed by atoms with Crippen LogP contribution in [0.5, 0.6) is 11.5 Å². The summed E-state index contributed by atoms with van der Waals surface area (Å²) < 4.78 is 0. The zero-order chi connectivity index (χ0) is 14.5. The van der Waals surface area contributed by atoms with E-state index in [1.807, 2.05) is 0 Å². The minimum atomic E-state index is -0.583. The van der Waals surface area contributed by atoms with Gasteiger partial charge in [-0.15, -0.1) is 0 Å². The lowest BCUT2D eigenvalue weighted by Gasteiger charge is -2.03. The Balaban J connectivity index is 2.05. The van der Waals surface area contributed by atoms with E-state index >= 15 is 0 Å². The third-order valence-corrected chi connectivity index (χ3v) is 2.69. The van der Waals surface area contributed by atoms with Crippen LogP contribution in [0.3, 0.4) is 0 Å². The lowest BCUT2D eigenvalue weighted by atomic mass is 10.2. The van der Waals surface area contributed by atoms with Gasteiger partial charge in [0.1, 0.15) is 11.5 Å². The lowest BCUT2D eigenvalue weighted by molar-refractivity contribution is 0.0952. The van der Waals surface area contributed by atoms with Crippen molar-refractivity contribution in [3.63, 3.8) is 0 Å². The maximum atomic E-state index is 11.7. The average Bonchev–Trinajstić information content (AvgIpc) is 2.38. The van der Waals surface area contributed by atoms with Crippen molar-refractivity contribution >= 4 is 23.7 Å². The van der Waals surface area contributed by atoms with Crippen LogP contribution in [0.2, 0.25) is 5.02 Å². The number of aromatic hydroxyl groups is 2. The summed E-state index contributed by atoms with van der Waals surface area (Å²) in [5.41, 5.74) is 3.02. The highest BCUT2D eigenvalue weighted by Crippen LogP contribution is 2.22. The molecule has 0 radical (unpaired) electrons. The quantitative estimate of drug-likeness (QED) is 0.600. The molecule has 0 aliphatic heterocycles. The standard InChI is InChI=1S/C14H11ClN2O3/c15-10-3-1-2-9(6-10)8-16-17-14(20)12-5-4-11(18)7-13(12)19/h1-8,18-19H,(H,17,20). The Kier molecular flexibility index (Phi) is 4.22. The zero-order valence-corrected chi connectivity index (χ0v) is 11.0. The number of nitrogens with one attached hydrogen (secondary N) is 1. The number of carbonyl (C=O) groups is 1. The molecule has 0 spiro atoms. The van der Waals surface area contributed by atoms with Crippen LogP contribution in [0.15, 0.2) is 47.6 Å². The molecule has 0 heterocycles. The van der Waals surface area contributed by atoms with Gasteiger partial charge < -0.3 is 10.2 Å². The summed E-state index contributed by atoms with van der Waals surface area (Å²) in [6.07, 6.45) is 1.43. The molecule has 0 unspecified atom stereocenters. The molecule has 2 rings (SSSR count). The van der Waals surface area contributed by atoms with Gasteiger partial charge in [-0.25, -0.2) is 5.43 Å². The topological polar surface area (TPSA) is 81.9 Å². The molecule has 2 aromatic carbocycles. The molecule has 0 fully saturated rings. The highest BCUT2D eigenvalue weighted by atomic mass is 35.5. The van der Waals surface area contributed by atoms with Crippen LogP contribution >= 0.6 is 11.6 Å².